The van der Waals surface area contributed by atoms with Gasteiger partial charge < -0.3 is 14.0 Å². The van der Waals surface area contributed by atoms with Crippen LogP contribution >= 0.6 is 0 Å². The molecule has 0 aliphatic rings. The molecule has 0 amide bonds. The largest absolute Gasteiger partial charge is 0.487 e. The zero-order valence-electron chi connectivity index (χ0n) is 13.8. The molecular weight excluding hydrogens is 341 g/mol. The van der Waals surface area contributed by atoms with Gasteiger partial charge in [0.2, 0.25) is 11.7 Å². The number of esters is 1. The summed E-state index contributed by atoms with van der Waals surface area (Å²) >= 11 is 0. The Balaban J connectivity index is 1.38. The number of aryl methyl sites for hydroxylation is 1. The second kappa shape index (κ2) is 8.70. The highest BCUT2D eigenvalue weighted by molar-refractivity contribution is 5.69. The average molecular weight is 357 g/mol. The molecule has 0 fully saturated rings. The van der Waals surface area contributed by atoms with Crippen molar-refractivity contribution in [1.29, 1.82) is 0 Å². The van der Waals surface area contributed by atoms with Crippen LogP contribution < -0.4 is 4.74 Å². The van der Waals surface area contributed by atoms with E-state index in [1.165, 1.54) is 12.1 Å². The van der Waals surface area contributed by atoms with Crippen LogP contribution in [0.15, 0.2) is 53.2 Å². The number of ether oxygens (including phenoxy) is 2. The Bertz CT molecular complexity index is 854. The lowest BCUT2D eigenvalue weighted by molar-refractivity contribution is -0.144. The molecule has 0 unspecified atom stereocenters. The van der Waals surface area contributed by atoms with E-state index in [4.69, 9.17) is 14.0 Å². The number of hydrogen-bond donors (Lipinski definition) is 0. The van der Waals surface area contributed by atoms with Gasteiger partial charge in [0.05, 0.1) is 6.42 Å². The van der Waals surface area contributed by atoms with Gasteiger partial charge in [0.25, 0.3) is 0 Å². The van der Waals surface area contributed by atoms with Crippen molar-refractivity contribution in [2.75, 3.05) is 13.2 Å². The molecule has 26 heavy (non-hydrogen) atoms. The first-order chi connectivity index (χ1) is 12.7. The van der Waals surface area contributed by atoms with Crippen LogP contribution in [0.5, 0.6) is 5.75 Å². The van der Waals surface area contributed by atoms with Gasteiger partial charge in [-0.05, 0) is 24.3 Å². The maximum absolute atomic E-state index is 13.3. The molecule has 7 nitrogen and oxygen atoms in total. The van der Waals surface area contributed by atoms with Crippen LogP contribution in [0.1, 0.15) is 12.3 Å². The Morgan fingerprint density at radius 3 is 2.77 bits per heavy atom. The summed E-state index contributed by atoms with van der Waals surface area (Å²) in [6, 6.07) is 11.4. The fraction of sp³-hybridized carbons (Fsp3) is 0.222. The summed E-state index contributed by atoms with van der Waals surface area (Å²) in [5.74, 6) is -0.0763. The number of carbonyl (C=O) groups is 1. The quantitative estimate of drug-likeness (QED) is 0.452. The van der Waals surface area contributed by atoms with Crippen molar-refractivity contribution < 1.29 is 23.2 Å². The number of rotatable bonds is 8. The Labute approximate surface area is 148 Å². The van der Waals surface area contributed by atoms with Crippen LogP contribution in [0.2, 0.25) is 0 Å². The van der Waals surface area contributed by atoms with Crippen molar-refractivity contribution in [3.8, 4) is 17.3 Å². The van der Waals surface area contributed by atoms with E-state index in [9.17, 15) is 9.18 Å². The summed E-state index contributed by atoms with van der Waals surface area (Å²) in [7, 11) is 0. The molecule has 0 saturated carbocycles. The molecule has 0 saturated heterocycles. The van der Waals surface area contributed by atoms with Crippen LogP contribution in [0.3, 0.4) is 0 Å². The molecule has 2 heterocycles. The van der Waals surface area contributed by atoms with E-state index in [1.54, 1.807) is 30.5 Å². The minimum Gasteiger partial charge on any atom is -0.487 e. The molecule has 2 aromatic heterocycles. The number of para-hydroxylation sites is 1. The van der Waals surface area contributed by atoms with Crippen molar-refractivity contribution in [3.63, 3.8) is 0 Å². The van der Waals surface area contributed by atoms with Gasteiger partial charge in [-0.15, -0.1) is 0 Å². The van der Waals surface area contributed by atoms with Crippen molar-refractivity contribution in [2.24, 2.45) is 0 Å². The molecule has 0 spiro atoms. The molecule has 3 aromatic rings. The van der Waals surface area contributed by atoms with Crippen LogP contribution in [-0.4, -0.2) is 34.3 Å². The predicted molar refractivity (Wildman–Crippen MR) is 88.7 cm³/mol. The number of benzene rings is 1. The van der Waals surface area contributed by atoms with Crippen LogP contribution in [-0.2, 0) is 16.0 Å². The summed E-state index contributed by atoms with van der Waals surface area (Å²) in [4.78, 5) is 20.0. The third-order valence-corrected chi connectivity index (χ3v) is 3.35. The molecule has 0 N–H and O–H groups in total. The van der Waals surface area contributed by atoms with Gasteiger partial charge in [-0.1, -0.05) is 23.4 Å². The Hall–Kier alpha value is -3.29. The molecule has 0 atom stereocenters. The lowest BCUT2D eigenvalue weighted by Crippen LogP contribution is -2.13. The summed E-state index contributed by atoms with van der Waals surface area (Å²) < 4.78 is 28.7. The fourth-order valence-electron chi connectivity index (χ4n) is 2.11. The zero-order chi connectivity index (χ0) is 18.2. The van der Waals surface area contributed by atoms with E-state index < -0.39 is 11.8 Å². The van der Waals surface area contributed by atoms with E-state index in [2.05, 4.69) is 15.1 Å². The smallest absolute Gasteiger partial charge is 0.306 e. The minimum atomic E-state index is -0.459. The maximum Gasteiger partial charge on any atom is 0.306 e. The maximum atomic E-state index is 13.3. The van der Waals surface area contributed by atoms with E-state index in [0.717, 1.165) is 0 Å². The SMILES string of the molecule is O=C(CCc1nc(-c2ccccn2)no1)OCCOc1ccccc1F. The monoisotopic (exact) mass is 357 g/mol. The van der Waals surface area contributed by atoms with E-state index in [0.29, 0.717) is 17.4 Å². The molecule has 1 aromatic carbocycles. The second-order valence-corrected chi connectivity index (χ2v) is 5.23. The standard InChI is InChI=1S/C18H16FN3O4/c19-13-5-1-2-7-15(13)24-11-12-25-17(23)9-8-16-21-18(22-26-16)14-6-3-4-10-20-14/h1-7,10H,8-9,11-12H2. The Morgan fingerprint density at radius 2 is 1.96 bits per heavy atom. The highest BCUT2D eigenvalue weighted by Gasteiger charge is 2.12. The average Bonchev–Trinajstić information content (AvgIpc) is 3.15. The summed E-state index contributed by atoms with van der Waals surface area (Å²) in [6.45, 7) is 0.0905. The van der Waals surface area contributed by atoms with Crippen molar-refractivity contribution in [3.05, 3.63) is 60.4 Å². The normalized spacial score (nSPS) is 10.5. The molecule has 0 aliphatic carbocycles. The molecular formula is C18H16FN3O4. The van der Waals surface area contributed by atoms with E-state index in [1.807, 2.05) is 6.07 Å². The van der Waals surface area contributed by atoms with Crippen LogP contribution in [0.4, 0.5) is 4.39 Å². The van der Waals surface area contributed by atoms with E-state index >= 15 is 0 Å². The minimum absolute atomic E-state index is 0.0240. The summed E-state index contributed by atoms with van der Waals surface area (Å²) in [6.07, 6.45) is 1.97. The lowest BCUT2D eigenvalue weighted by Gasteiger charge is -2.07. The number of hydrogen-bond acceptors (Lipinski definition) is 7. The van der Waals surface area contributed by atoms with Crippen LogP contribution in [0, 0.1) is 5.82 Å². The summed E-state index contributed by atoms with van der Waals surface area (Å²) in [5, 5.41) is 3.83. The number of nitrogens with zero attached hydrogens (tertiary/aromatic N) is 3. The fourth-order valence-corrected chi connectivity index (χ4v) is 2.11. The number of carbonyl (C=O) groups excluding carboxylic acids is 1. The van der Waals surface area contributed by atoms with E-state index in [-0.39, 0.29) is 31.8 Å². The topological polar surface area (TPSA) is 87.3 Å². The summed E-state index contributed by atoms with van der Waals surface area (Å²) in [5.41, 5.74) is 0.593. The highest BCUT2D eigenvalue weighted by atomic mass is 19.1. The van der Waals surface area contributed by atoms with Crippen molar-refractivity contribution in [1.82, 2.24) is 15.1 Å². The van der Waals surface area contributed by atoms with Gasteiger partial charge in [0, 0.05) is 12.6 Å². The number of pyridine rings is 1. The highest BCUT2D eigenvalue weighted by Crippen LogP contribution is 2.15. The second-order valence-electron chi connectivity index (χ2n) is 5.23. The first-order valence-electron chi connectivity index (χ1n) is 7.99. The molecule has 134 valence electrons. The van der Waals surface area contributed by atoms with Crippen molar-refractivity contribution in [2.45, 2.75) is 12.8 Å². The predicted octanol–water partition coefficient (Wildman–Crippen LogP) is 2.83. The van der Waals surface area contributed by atoms with Gasteiger partial charge in [-0.3, -0.25) is 9.78 Å². The molecule has 0 bridgehead atoms. The lowest BCUT2D eigenvalue weighted by atomic mass is 10.3. The van der Waals surface area contributed by atoms with Gasteiger partial charge in [0.15, 0.2) is 11.6 Å². The van der Waals surface area contributed by atoms with Gasteiger partial charge in [-0.2, -0.15) is 4.98 Å². The van der Waals surface area contributed by atoms with Gasteiger partial charge in [-0.25, -0.2) is 4.39 Å². The number of halogens is 1. The third-order valence-electron chi connectivity index (χ3n) is 3.35. The zero-order valence-corrected chi connectivity index (χ0v) is 13.8. The molecule has 8 heteroatoms. The molecule has 0 aliphatic heterocycles. The molecule has 0 radical (unpaired) electrons. The van der Waals surface area contributed by atoms with Crippen LogP contribution in [0.25, 0.3) is 11.5 Å². The molecule has 3 rings (SSSR count). The third kappa shape index (κ3) is 4.85. The number of aromatic nitrogens is 3. The first kappa shape index (κ1) is 17.5. The first-order valence-corrected chi connectivity index (χ1v) is 7.99. The van der Waals surface area contributed by atoms with Gasteiger partial charge >= 0.3 is 5.97 Å². The Kier molecular flexibility index (Phi) is 5.87. The van der Waals surface area contributed by atoms with Crippen molar-refractivity contribution >= 4 is 5.97 Å². The Morgan fingerprint density at radius 1 is 1.12 bits per heavy atom. The van der Waals surface area contributed by atoms with Gasteiger partial charge in [0.1, 0.15) is 18.9 Å².